The van der Waals surface area contributed by atoms with E-state index in [1.807, 2.05) is 0 Å². The van der Waals surface area contributed by atoms with Gasteiger partial charge in [-0.3, -0.25) is 14.6 Å². The molecule has 0 aliphatic carbocycles. The van der Waals surface area contributed by atoms with Gasteiger partial charge in [0.1, 0.15) is 11.4 Å². The molecule has 34 heavy (non-hydrogen) atoms. The van der Waals surface area contributed by atoms with Crippen LogP contribution in [0.5, 0.6) is 5.75 Å². The Balaban J connectivity index is 2.12. The Morgan fingerprint density at radius 1 is 1.09 bits per heavy atom. The zero-order valence-corrected chi connectivity index (χ0v) is 18.5. The number of halogens is 3. The largest absolute Gasteiger partial charge is 0.496 e. The molecule has 0 saturated carbocycles. The van der Waals surface area contributed by atoms with Crippen LogP contribution in [0.1, 0.15) is 34.1 Å². The molecule has 178 valence electrons. The zero-order valence-electron chi connectivity index (χ0n) is 18.5. The van der Waals surface area contributed by atoms with Crippen molar-refractivity contribution in [1.82, 2.24) is 14.9 Å². The second-order valence-corrected chi connectivity index (χ2v) is 7.38. The first kappa shape index (κ1) is 24.7. The zero-order chi connectivity index (χ0) is 24.9. The maximum absolute atomic E-state index is 13.5. The highest BCUT2D eigenvalue weighted by Crippen LogP contribution is 2.38. The molecule has 0 spiro atoms. The number of carbonyl (C=O) groups excluding carboxylic acids is 1. The Bertz CT molecular complexity index is 1180. The highest BCUT2D eigenvalue weighted by Gasteiger charge is 2.32. The van der Waals surface area contributed by atoms with Gasteiger partial charge >= 0.3 is 12.1 Å². The summed E-state index contributed by atoms with van der Waals surface area (Å²) < 4.78 is 45.9. The molecule has 10 heteroatoms. The van der Waals surface area contributed by atoms with Crippen molar-refractivity contribution in [2.24, 2.45) is 0 Å². The van der Waals surface area contributed by atoms with Gasteiger partial charge in [0, 0.05) is 31.0 Å². The Morgan fingerprint density at radius 3 is 2.44 bits per heavy atom. The quantitative estimate of drug-likeness (QED) is 0.519. The number of hydrogen-bond donors (Lipinski definition) is 1. The number of nitrogens with zero attached hydrogens (tertiary/aromatic N) is 3. The van der Waals surface area contributed by atoms with E-state index >= 15 is 0 Å². The molecule has 0 aliphatic heterocycles. The van der Waals surface area contributed by atoms with Crippen LogP contribution in [0.15, 0.2) is 55.0 Å². The predicted octanol–water partition coefficient (Wildman–Crippen LogP) is 4.46. The second-order valence-electron chi connectivity index (χ2n) is 7.38. The SMILES string of the molecule is CCN(Cc1cc(C(F)(F)F)ccc1-c1cc(CC(=O)O)ccc1OC)C(=O)c1cnccn1. The van der Waals surface area contributed by atoms with E-state index in [2.05, 4.69) is 9.97 Å². The molecule has 1 N–H and O–H groups in total. The number of ether oxygens (including phenoxy) is 1. The molecule has 1 aromatic heterocycles. The lowest BCUT2D eigenvalue weighted by Gasteiger charge is -2.24. The number of benzene rings is 2. The molecule has 0 radical (unpaired) electrons. The number of aromatic nitrogens is 2. The third kappa shape index (κ3) is 5.69. The van der Waals surface area contributed by atoms with Gasteiger partial charge in [0.15, 0.2) is 0 Å². The van der Waals surface area contributed by atoms with Crippen molar-refractivity contribution in [3.63, 3.8) is 0 Å². The van der Waals surface area contributed by atoms with E-state index in [4.69, 9.17) is 9.84 Å². The van der Waals surface area contributed by atoms with Crippen molar-refractivity contribution in [2.75, 3.05) is 13.7 Å². The summed E-state index contributed by atoms with van der Waals surface area (Å²) in [7, 11) is 1.41. The lowest BCUT2D eigenvalue weighted by atomic mass is 9.94. The van der Waals surface area contributed by atoms with Gasteiger partial charge in [0.2, 0.25) is 0 Å². The Labute approximate surface area is 193 Å². The molecular weight excluding hydrogens is 451 g/mol. The Morgan fingerprint density at radius 2 is 1.85 bits per heavy atom. The molecule has 3 rings (SSSR count). The van der Waals surface area contributed by atoms with E-state index in [9.17, 15) is 22.8 Å². The molecule has 7 nitrogen and oxygen atoms in total. The van der Waals surface area contributed by atoms with Crippen LogP contribution in [0.4, 0.5) is 13.2 Å². The minimum absolute atomic E-state index is 0.0684. The number of rotatable bonds is 8. The summed E-state index contributed by atoms with van der Waals surface area (Å²) in [5, 5.41) is 9.14. The number of carbonyl (C=O) groups is 2. The smallest absolute Gasteiger partial charge is 0.416 e. The third-order valence-electron chi connectivity index (χ3n) is 5.15. The highest BCUT2D eigenvalue weighted by atomic mass is 19.4. The fourth-order valence-corrected chi connectivity index (χ4v) is 3.52. The molecule has 0 fully saturated rings. The van der Waals surface area contributed by atoms with Gasteiger partial charge in [-0.1, -0.05) is 12.1 Å². The van der Waals surface area contributed by atoms with Gasteiger partial charge in [-0.25, -0.2) is 4.98 Å². The fourth-order valence-electron chi connectivity index (χ4n) is 3.52. The first-order valence-corrected chi connectivity index (χ1v) is 10.3. The molecule has 0 aliphatic rings. The molecule has 1 amide bonds. The van der Waals surface area contributed by atoms with Crippen LogP contribution < -0.4 is 4.74 Å². The van der Waals surface area contributed by atoms with Crippen LogP contribution in [-0.2, 0) is 23.9 Å². The van der Waals surface area contributed by atoms with Crippen LogP contribution in [0.25, 0.3) is 11.1 Å². The van der Waals surface area contributed by atoms with Crippen molar-refractivity contribution in [2.45, 2.75) is 26.1 Å². The fraction of sp³-hybridized carbons (Fsp3) is 0.250. The lowest BCUT2D eigenvalue weighted by Crippen LogP contribution is -2.31. The predicted molar refractivity (Wildman–Crippen MR) is 117 cm³/mol. The van der Waals surface area contributed by atoms with Gasteiger partial charge in [-0.2, -0.15) is 13.2 Å². The summed E-state index contributed by atoms with van der Waals surface area (Å²) in [5.74, 6) is -1.17. The number of carboxylic acid groups (broad SMARTS) is 1. The maximum Gasteiger partial charge on any atom is 0.416 e. The van der Waals surface area contributed by atoms with Crippen LogP contribution >= 0.6 is 0 Å². The number of amides is 1. The summed E-state index contributed by atoms with van der Waals surface area (Å²) >= 11 is 0. The van der Waals surface area contributed by atoms with Gasteiger partial charge in [-0.15, -0.1) is 0 Å². The van der Waals surface area contributed by atoms with E-state index < -0.39 is 23.6 Å². The molecule has 0 atom stereocenters. The lowest BCUT2D eigenvalue weighted by molar-refractivity contribution is -0.138. The van der Waals surface area contributed by atoms with E-state index in [0.717, 1.165) is 12.1 Å². The molecule has 0 unspecified atom stereocenters. The van der Waals surface area contributed by atoms with Crippen LogP contribution in [0, 0.1) is 0 Å². The molecule has 1 heterocycles. The number of methoxy groups -OCH3 is 1. The van der Waals surface area contributed by atoms with E-state index in [1.165, 1.54) is 36.7 Å². The van der Waals surface area contributed by atoms with Crippen molar-refractivity contribution in [3.05, 3.63) is 77.4 Å². The summed E-state index contributed by atoms with van der Waals surface area (Å²) in [6.45, 7) is 1.77. The van der Waals surface area contributed by atoms with Crippen molar-refractivity contribution < 1.29 is 32.6 Å². The van der Waals surface area contributed by atoms with Crippen LogP contribution in [0.2, 0.25) is 0 Å². The third-order valence-corrected chi connectivity index (χ3v) is 5.15. The summed E-state index contributed by atoms with van der Waals surface area (Å²) in [6, 6.07) is 7.96. The molecule has 0 saturated heterocycles. The minimum atomic E-state index is -4.59. The topological polar surface area (TPSA) is 92.6 Å². The van der Waals surface area contributed by atoms with Crippen LogP contribution in [0.3, 0.4) is 0 Å². The molecule has 0 bridgehead atoms. The molecular formula is C24H22F3N3O4. The first-order chi connectivity index (χ1) is 16.1. The minimum Gasteiger partial charge on any atom is -0.496 e. The van der Waals surface area contributed by atoms with Gasteiger partial charge < -0.3 is 14.7 Å². The first-order valence-electron chi connectivity index (χ1n) is 10.3. The summed E-state index contributed by atoms with van der Waals surface area (Å²) in [4.78, 5) is 33.3. The average molecular weight is 473 g/mol. The summed E-state index contributed by atoms with van der Waals surface area (Å²) in [5.41, 5.74) is 0.695. The van der Waals surface area contributed by atoms with Crippen molar-refractivity contribution in [1.29, 1.82) is 0 Å². The molecule has 2 aromatic carbocycles. The number of hydrogen-bond acceptors (Lipinski definition) is 5. The monoisotopic (exact) mass is 473 g/mol. The average Bonchev–Trinajstić information content (AvgIpc) is 2.81. The number of alkyl halides is 3. The van der Waals surface area contributed by atoms with Gasteiger partial charge in [-0.05, 0) is 47.9 Å². The second kappa shape index (κ2) is 10.3. The summed E-state index contributed by atoms with van der Waals surface area (Å²) in [6.07, 6.45) is -0.798. The Hall–Kier alpha value is -3.95. The maximum atomic E-state index is 13.5. The number of aliphatic carboxylic acids is 1. The highest BCUT2D eigenvalue weighted by molar-refractivity contribution is 5.92. The van der Waals surface area contributed by atoms with E-state index in [-0.39, 0.29) is 30.8 Å². The van der Waals surface area contributed by atoms with Gasteiger partial charge in [0.25, 0.3) is 5.91 Å². The van der Waals surface area contributed by atoms with Crippen molar-refractivity contribution >= 4 is 11.9 Å². The number of carboxylic acids is 1. The van der Waals surface area contributed by atoms with Gasteiger partial charge in [0.05, 0.1) is 25.3 Å². The Kier molecular flexibility index (Phi) is 7.50. The van der Waals surface area contributed by atoms with E-state index in [0.29, 0.717) is 22.4 Å². The van der Waals surface area contributed by atoms with Crippen LogP contribution in [-0.4, -0.2) is 45.5 Å². The molecule has 3 aromatic rings. The van der Waals surface area contributed by atoms with Crippen molar-refractivity contribution in [3.8, 4) is 16.9 Å². The standard InChI is InChI=1S/C24H22F3N3O4/c1-3-30(23(33)20-13-28-8-9-29-20)14-16-12-17(24(25,26)27)5-6-18(16)19-10-15(11-22(31)32)4-7-21(19)34-2/h4-10,12-13H,3,11,14H2,1-2H3,(H,31,32). The normalized spacial score (nSPS) is 11.2. The van der Waals surface area contributed by atoms with E-state index in [1.54, 1.807) is 25.1 Å².